The number of rotatable bonds is 6. The molecule has 0 aliphatic heterocycles. The van der Waals surface area contributed by atoms with Crippen molar-refractivity contribution in [3.05, 3.63) is 34.7 Å². The second-order valence-electron chi connectivity index (χ2n) is 4.54. The summed E-state index contributed by atoms with van der Waals surface area (Å²) in [5, 5.41) is 12.0. The molecule has 0 saturated carbocycles. The van der Waals surface area contributed by atoms with Gasteiger partial charge >= 0.3 is 0 Å². The Hall–Kier alpha value is -1.62. The van der Waals surface area contributed by atoms with Gasteiger partial charge in [-0.1, -0.05) is 6.07 Å². The predicted octanol–water partition coefficient (Wildman–Crippen LogP) is 0.514. The summed E-state index contributed by atoms with van der Waals surface area (Å²) in [6.45, 7) is 3.90. The lowest BCUT2D eigenvalue weighted by Gasteiger charge is -2.15. The van der Waals surface area contributed by atoms with Gasteiger partial charge in [0.2, 0.25) is 5.91 Å². The molecule has 1 aromatic rings. The summed E-state index contributed by atoms with van der Waals surface area (Å²) in [6, 6.07) is 4.83. The molecule has 1 amide bonds. The number of pyridine rings is 1. The number of amides is 1. The van der Waals surface area contributed by atoms with Crippen molar-refractivity contribution < 1.29 is 9.90 Å². The molecule has 1 rings (SSSR count). The molecule has 1 aromatic heterocycles. The minimum Gasteiger partial charge on any atom is -0.393 e. The third-order valence-electron chi connectivity index (χ3n) is 2.58. The number of hydrogen-bond acceptors (Lipinski definition) is 3. The highest BCUT2D eigenvalue weighted by atomic mass is 16.3. The minimum absolute atomic E-state index is 0.0648. The zero-order chi connectivity index (χ0) is 13.5. The molecule has 2 N–H and O–H groups in total. The zero-order valence-electron chi connectivity index (χ0n) is 10.8. The molecule has 100 valence electrons. The van der Waals surface area contributed by atoms with Gasteiger partial charge in [-0.05, 0) is 26.3 Å². The third-order valence-corrected chi connectivity index (χ3v) is 2.58. The van der Waals surface area contributed by atoms with Crippen LogP contribution in [-0.4, -0.2) is 27.7 Å². The molecule has 0 aliphatic rings. The molecule has 0 radical (unpaired) electrons. The number of carbonyl (C=O) groups is 1. The lowest BCUT2D eigenvalue weighted by Crippen LogP contribution is -2.35. The minimum atomic E-state index is -0.433. The molecular formula is C13H20N2O3. The van der Waals surface area contributed by atoms with E-state index in [4.69, 9.17) is 0 Å². The van der Waals surface area contributed by atoms with Gasteiger partial charge < -0.3 is 15.0 Å². The van der Waals surface area contributed by atoms with Crippen LogP contribution in [0.5, 0.6) is 0 Å². The molecule has 5 nitrogen and oxygen atoms in total. The van der Waals surface area contributed by atoms with Crippen molar-refractivity contribution in [3.63, 3.8) is 0 Å². The van der Waals surface area contributed by atoms with Crippen molar-refractivity contribution >= 4 is 5.91 Å². The lowest BCUT2D eigenvalue weighted by molar-refractivity contribution is -0.122. The molecule has 2 unspecified atom stereocenters. The fraction of sp³-hybridized carbons (Fsp3) is 0.538. The van der Waals surface area contributed by atoms with Crippen LogP contribution >= 0.6 is 0 Å². The number of aliphatic hydroxyl groups is 1. The van der Waals surface area contributed by atoms with E-state index >= 15 is 0 Å². The Kier molecular flexibility index (Phi) is 5.58. The van der Waals surface area contributed by atoms with Crippen molar-refractivity contribution in [1.82, 2.24) is 9.88 Å². The summed E-state index contributed by atoms with van der Waals surface area (Å²) < 4.78 is 1.50. The number of carbonyl (C=O) groups excluding carboxylic acids is 1. The van der Waals surface area contributed by atoms with Crippen LogP contribution in [0.4, 0.5) is 0 Å². The van der Waals surface area contributed by atoms with Crippen LogP contribution in [0.25, 0.3) is 0 Å². The summed E-state index contributed by atoms with van der Waals surface area (Å²) in [5.41, 5.74) is -0.109. The number of hydrogen-bond donors (Lipinski definition) is 2. The van der Waals surface area contributed by atoms with E-state index in [1.54, 1.807) is 25.3 Å². The highest BCUT2D eigenvalue weighted by molar-refractivity contribution is 5.76. The van der Waals surface area contributed by atoms with Crippen LogP contribution in [0, 0.1) is 0 Å². The van der Waals surface area contributed by atoms with Gasteiger partial charge in [0.05, 0.1) is 6.10 Å². The summed E-state index contributed by atoms with van der Waals surface area (Å²) in [5.74, 6) is -0.112. The molecule has 0 aromatic carbocycles. The quantitative estimate of drug-likeness (QED) is 0.775. The largest absolute Gasteiger partial charge is 0.393 e. The second kappa shape index (κ2) is 6.96. The van der Waals surface area contributed by atoms with E-state index in [0.717, 1.165) is 0 Å². The number of nitrogens with one attached hydrogen (secondary N) is 1. The fourth-order valence-corrected chi connectivity index (χ4v) is 1.78. The van der Waals surface area contributed by atoms with E-state index in [9.17, 15) is 14.7 Å². The number of aryl methyl sites for hydroxylation is 1. The van der Waals surface area contributed by atoms with Gasteiger partial charge in [0.25, 0.3) is 5.56 Å². The highest BCUT2D eigenvalue weighted by Crippen LogP contribution is 1.97. The molecule has 18 heavy (non-hydrogen) atoms. The van der Waals surface area contributed by atoms with Gasteiger partial charge in [-0.3, -0.25) is 9.59 Å². The first kappa shape index (κ1) is 14.4. The second-order valence-corrected chi connectivity index (χ2v) is 4.54. The average molecular weight is 252 g/mol. The normalized spacial score (nSPS) is 13.9. The van der Waals surface area contributed by atoms with E-state index < -0.39 is 6.10 Å². The third kappa shape index (κ3) is 5.14. The van der Waals surface area contributed by atoms with Gasteiger partial charge in [0.15, 0.2) is 0 Å². The van der Waals surface area contributed by atoms with E-state index in [-0.39, 0.29) is 23.9 Å². The zero-order valence-corrected chi connectivity index (χ0v) is 10.8. The molecule has 0 aliphatic carbocycles. The summed E-state index contributed by atoms with van der Waals surface area (Å²) in [4.78, 5) is 23.0. The van der Waals surface area contributed by atoms with Crippen LogP contribution in [0.2, 0.25) is 0 Å². The summed E-state index contributed by atoms with van der Waals surface area (Å²) >= 11 is 0. The van der Waals surface area contributed by atoms with E-state index in [1.807, 2.05) is 6.92 Å². The molecule has 0 fully saturated rings. The van der Waals surface area contributed by atoms with Crippen molar-refractivity contribution in [2.24, 2.45) is 0 Å². The molecule has 2 atom stereocenters. The molecule has 0 saturated heterocycles. The van der Waals surface area contributed by atoms with Gasteiger partial charge in [0.1, 0.15) is 0 Å². The van der Waals surface area contributed by atoms with Gasteiger partial charge in [0, 0.05) is 31.3 Å². The SMILES string of the molecule is CC(O)CC(C)NC(=O)CCn1ccccc1=O. The maximum Gasteiger partial charge on any atom is 0.250 e. The highest BCUT2D eigenvalue weighted by Gasteiger charge is 2.09. The molecule has 5 heteroatoms. The Morgan fingerprint density at radius 1 is 1.44 bits per heavy atom. The smallest absolute Gasteiger partial charge is 0.250 e. The van der Waals surface area contributed by atoms with Crippen molar-refractivity contribution in [1.29, 1.82) is 0 Å². The van der Waals surface area contributed by atoms with Gasteiger partial charge in [-0.2, -0.15) is 0 Å². The molecular weight excluding hydrogens is 232 g/mol. The summed E-state index contributed by atoms with van der Waals surface area (Å²) in [7, 11) is 0. The fourth-order valence-electron chi connectivity index (χ4n) is 1.78. The first-order valence-corrected chi connectivity index (χ1v) is 6.12. The van der Waals surface area contributed by atoms with Crippen molar-refractivity contribution in [2.45, 2.75) is 45.4 Å². The number of aromatic nitrogens is 1. The molecule has 0 bridgehead atoms. The maximum absolute atomic E-state index is 11.6. The standard InChI is InChI=1S/C13H20N2O3/c1-10(9-11(2)16)14-12(17)6-8-15-7-4-3-5-13(15)18/h3-5,7,10-11,16H,6,8-9H2,1-2H3,(H,14,17). The van der Waals surface area contributed by atoms with Gasteiger partial charge in [-0.15, -0.1) is 0 Å². The number of nitrogens with zero attached hydrogens (tertiary/aromatic N) is 1. The van der Waals surface area contributed by atoms with Crippen LogP contribution in [-0.2, 0) is 11.3 Å². The lowest BCUT2D eigenvalue weighted by atomic mass is 10.1. The monoisotopic (exact) mass is 252 g/mol. The van der Waals surface area contributed by atoms with E-state index in [2.05, 4.69) is 5.32 Å². The first-order chi connectivity index (χ1) is 8.49. The topological polar surface area (TPSA) is 71.3 Å². The first-order valence-electron chi connectivity index (χ1n) is 6.12. The maximum atomic E-state index is 11.6. The van der Waals surface area contributed by atoms with Crippen molar-refractivity contribution in [3.8, 4) is 0 Å². The Balaban J connectivity index is 2.38. The van der Waals surface area contributed by atoms with Crippen LogP contribution in [0.15, 0.2) is 29.2 Å². The van der Waals surface area contributed by atoms with Crippen molar-refractivity contribution in [2.75, 3.05) is 0 Å². The summed E-state index contributed by atoms with van der Waals surface area (Å²) in [6.07, 6.45) is 2.01. The Morgan fingerprint density at radius 3 is 2.78 bits per heavy atom. The predicted molar refractivity (Wildman–Crippen MR) is 69.2 cm³/mol. The van der Waals surface area contributed by atoms with Crippen LogP contribution < -0.4 is 10.9 Å². The Morgan fingerprint density at radius 2 is 2.17 bits per heavy atom. The van der Waals surface area contributed by atoms with E-state index in [1.165, 1.54) is 10.6 Å². The Bertz CT molecular complexity index is 440. The van der Waals surface area contributed by atoms with Crippen LogP contribution in [0.1, 0.15) is 26.7 Å². The molecule has 1 heterocycles. The van der Waals surface area contributed by atoms with E-state index in [0.29, 0.717) is 13.0 Å². The number of aliphatic hydroxyl groups excluding tert-OH is 1. The molecule has 0 spiro atoms. The Labute approximate surface area is 106 Å². The van der Waals surface area contributed by atoms with Gasteiger partial charge in [-0.25, -0.2) is 0 Å². The van der Waals surface area contributed by atoms with Crippen LogP contribution in [0.3, 0.4) is 0 Å². The average Bonchev–Trinajstić information content (AvgIpc) is 2.26.